The number of rotatable bonds is 5. The van der Waals surface area contributed by atoms with E-state index in [1.165, 1.54) is 23.1 Å². The van der Waals surface area contributed by atoms with Crippen LogP contribution < -0.4 is 10.9 Å². The fraction of sp³-hybridized carbons (Fsp3) is 0.500. The summed E-state index contributed by atoms with van der Waals surface area (Å²) in [6.07, 6.45) is 3.34. The molecule has 24 heavy (non-hydrogen) atoms. The van der Waals surface area contributed by atoms with E-state index in [9.17, 15) is 14.9 Å². The topological polar surface area (TPSA) is 87.8 Å². The highest BCUT2D eigenvalue weighted by molar-refractivity contribution is 7.99. The number of hydrogen-bond donors (Lipinski definition) is 1. The van der Waals surface area contributed by atoms with Gasteiger partial charge in [0.15, 0.2) is 5.16 Å². The van der Waals surface area contributed by atoms with Crippen molar-refractivity contribution in [1.82, 2.24) is 14.9 Å². The zero-order valence-electron chi connectivity index (χ0n) is 13.4. The number of thioether (sulfide) groups is 1. The summed E-state index contributed by atoms with van der Waals surface area (Å²) in [5, 5.41) is 14.6. The van der Waals surface area contributed by atoms with Gasteiger partial charge in [0.1, 0.15) is 10.2 Å². The summed E-state index contributed by atoms with van der Waals surface area (Å²) in [5.41, 5.74) is -0.112. The summed E-state index contributed by atoms with van der Waals surface area (Å²) >= 11 is 2.62. The van der Waals surface area contributed by atoms with Gasteiger partial charge in [-0.3, -0.25) is 14.2 Å². The molecule has 1 aliphatic rings. The minimum absolute atomic E-state index is 0.0651. The molecule has 0 saturated heterocycles. The fourth-order valence-electron chi connectivity index (χ4n) is 2.99. The van der Waals surface area contributed by atoms with Crippen LogP contribution in [0.15, 0.2) is 21.4 Å². The van der Waals surface area contributed by atoms with Gasteiger partial charge in [0, 0.05) is 6.54 Å². The molecule has 8 heteroatoms. The predicted molar refractivity (Wildman–Crippen MR) is 95.2 cm³/mol. The Morgan fingerprint density at radius 1 is 1.54 bits per heavy atom. The van der Waals surface area contributed by atoms with E-state index in [0.29, 0.717) is 34.8 Å². The Morgan fingerprint density at radius 2 is 2.29 bits per heavy atom. The molecular formula is C16H18N4O2S2. The fourth-order valence-corrected chi connectivity index (χ4v) is 4.63. The molecule has 1 amide bonds. The number of hydrogen-bond acceptors (Lipinski definition) is 6. The van der Waals surface area contributed by atoms with Crippen molar-refractivity contribution in [3.8, 4) is 6.07 Å². The van der Waals surface area contributed by atoms with Crippen molar-refractivity contribution in [2.75, 3.05) is 5.75 Å². The van der Waals surface area contributed by atoms with Crippen LogP contribution in [0.1, 0.15) is 32.6 Å². The number of nitrogens with zero attached hydrogens (tertiary/aromatic N) is 3. The third-order valence-electron chi connectivity index (χ3n) is 4.23. The van der Waals surface area contributed by atoms with Gasteiger partial charge < -0.3 is 5.32 Å². The normalized spacial score (nSPS) is 16.2. The lowest BCUT2D eigenvalue weighted by atomic mass is 10.0. The number of carbonyl (C=O) groups is 1. The summed E-state index contributed by atoms with van der Waals surface area (Å²) in [7, 11) is 0. The summed E-state index contributed by atoms with van der Waals surface area (Å²) in [5.74, 6) is -0.0447. The molecule has 0 aromatic carbocycles. The summed E-state index contributed by atoms with van der Waals surface area (Å²) in [4.78, 5) is 29.2. The van der Waals surface area contributed by atoms with Crippen LogP contribution in [0.5, 0.6) is 0 Å². The van der Waals surface area contributed by atoms with Crippen molar-refractivity contribution in [1.29, 1.82) is 5.26 Å². The van der Waals surface area contributed by atoms with E-state index in [1.807, 2.05) is 18.4 Å². The molecule has 1 saturated carbocycles. The molecule has 0 bridgehead atoms. The third kappa shape index (κ3) is 3.19. The van der Waals surface area contributed by atoms with Crippen LogP contribution in [0, 0.1) is 11.3 Å². The Morgan fingerprint density at radius 3 is 2.96 bits per heavy atom. The Bertz CT molecular complexity index is 859. The number of amides is 1. The number of nitriles is 1. The van der Waals surface area contributed by atoms with Gasteiger partial charge in [-0.2, -0.15) is 5.26 Å². The van der Waals surface area contributed by atoms with E-state index in [-0.39, 0.29) is 17.2 Å². The van der Waals surface area contributed by atoms with Crippen LogP contribution in [-0.4, -0.2) is 26.8 Å². The second-order valence-corrected chi connectivity index (χ2v) is 7.68. The summed E-state index contributed by atoms with van der Waals surface area (Å²) in [6.45, 7) is 2.39. The maximum atomic E-state index is 12.4. The lowest BCUT2D eigenvalue weighted by Gasteiger charge is -2.21. The molecule has 0 atom stereocenters. The van der Waals surface area contributed by atoms with E-state index < -0.39 is 5.54 Å². The standard InChI is InChI=1S/C16H18N4O2S2/c1-2-20-14(22)13-11(5-8-23-13)18-15(20)24-9-12(21)19-16(10-17)6-3-4-7-16/h5,8H,2-4,6-7,9H2,1H3,(H,19,21). The first kappa shape index (κ1) is 17.0. The molecule has 0 radical (unpaired) electrons. The number of fused-ring (bicyclic) bond motifs is 1. The van der Waals surface area contributed by atoms with Crippen LogP contribution in [0.3, 0.4) is 0 Å². The highest BCUT2D eigenvalue weighted by Crippen LogP contribution is 2.29. The maximum Gasteiger partial charge on any atom is 0.272 e. The molecule has 1 fully saturated rings. The summed E-state index contributed by atoms with van der Waals surface area (Å²) < 4.78 is 2.23. The Kier molecular flexibility index (Phi) is 4.92. The van der Waals surface area contributed by atoms with Crippen LogP contribution in [-0.2, 0) is 11.3 Å². The zero-order chi connectivity index (χ0) is 17.2. The highest BCUT2D eigenvalue weighted by atomic mass is 32.2. The van der Waals surface area contributed by atoms with Crippen molar-refractivity contribution in [3.63, 3.8) is 0 Å². The predicted octanol–water partition coefficient (Wildman–Crippen LogP) is 2.52. The molecule has 3 rings (SSSR count). The lowest BCUT2D eigenvalue weighted by molar-refractivity contribution is -0.119. The molecule has 0 unspecified atom stereocenters. The zero-order valence-corrected chi connectivity index (χ0v) is 15.0. The molecular weight excluding hydrogens is 344 g/mol. The van der Waals surface area contributed by atoms with Gasteiger partial charge in [-0.1, -0.05) is 11.8 Å². The molecule has 6 nitrogen and oxygen atoms in total. The van der Waals surface area contributed by atoms with E-state index in [4.69, 9.17) is 0 Å². The minimum atomic E-state index is -0.715. The Balaban J connectivity index is 1.74. The van der Waals surface area contributed by atoms with Crippen LogP contribution >= 0.6 is 23.1 Å². The third-order valence-corrected chi connectivity index (χ3v) is 6.10. The largest absolute Gasteiger partial charge is 0.337 e. The number of carbonyl (C=O) groups excluding carboxylic acids is 1. The molecule has 2 heterocycles. The maximum absolute atomic E-state index is 12.4. The minimum Gasteiger partial charge on any atom is -0.337 e. The second kappa shape index (κ2) is 6.95. The lowest BCUT2D eigenvalue weighted by Crippen LogP contribution is -2.45. The van der Waals surface area contributed by atoms with E-state index in [2.05, 4.69) is 16.4 Å². The van der Waals surface area contributed by atoms with Crippen molar-refractivity contribution in [3.05, 3.63) is 21.8 Å². The average Bonchev–Trinajstić information content (AvgIpc) is 3.23. The van der Waals surface area contributed by atoms with Crippen LogP contribution in [0.4, 0.5) is 0 Å². The number of thiophene rings is 1. The molecule has 1 aliphatic carbocycles. The molecule has 126 valence electrons. The monoisotopic (exact) mass is 362 g/mol. The first-order valence-electron chi connectivity index (χ1n) is 7.91. The molecule has 2 aromatic heterocycles. The number of nitrogens with one attached hydrogen (secondary N) is 1. The first-order chi connectivity index (χ1) is 11.6. The molecule has 1 N–H and O–H groups in total. The SMILES string of the molecule is CCn1c(SCC(=O)NC2(C#N)CCCC2)nc2ccsc2c1=O. The smallest absolute Gasteiger partial charge is 0.272 e. The van der Waals surface area contributed by atoms with Crippen molar-refractivity contribution < 1.29 is 4.79 Å². The first-order valence-corrected chi connectivity index (χ1v) is 9.78. The van der Waals surface area contributed by atoms with Crippen LogP contribution in [0.2, 0.25) is 0 Å². The summed E-state index contributed by atoms with van der Waals surface area (Å²) in [6, 6.07) is 4.06. The van der Waals surface area contributed by atoms with E-state index in [0.717, 1.165) is 12.8 Å². The second-order valence-electron chi connectivity index (χ2n) is 5.82. The van der Waals surface area contributed by atoms with Crippen LogP contribution in [0.25, 0.3) is 10.2 Å². The van der Waals surface area contributed by atoms with Gasteiger partial charge in [0.25, 0.3) is 5.56 Å². The van der Waals surface area contributed by atoms with Gasteiger partial charge in [-0.15, -0.1) is 11.3 Å². The molecule has 0 aliphatic heterocycles. The molecule has 2 aromatic rings. The quantitative estimate of drug-likeness (QED) is 0.652. The molecule has 0 spiro atoms. The Hall–Kier alpha value is -1.85. The highest BCUT2D eigenvalue weighted by Gasteiger charge is 2.35. The van der Waals surface area contributed by atoms with Gasteiger partial charge in [-0.25, -0.2) is 4.98 Å². The average molecular weight is 362 g/mol. The van der Waals surface area contributed by atoms with Crippen molar-refractivity contribution in [2.45, 2.75) is 49.8 Å². The van der Waals surface area contributed by atoms with Gasteiger partial charge in [-0.05, 0) is 44.1 Å². The van der Waals surface area contributed by atoms with Crippen molar-refractivity contribution in [2.24, 2.45) is 0 Å². The van der Waals surface area contributed by atoms with E-state index >= 15 is 0 Å². The van der Waals surface area contributed by atoms with Gasteiger partial charge >= 0.3 is 0 Å². The van der Waals surface area contributed by atoms with Gasteiger partial charge in [0.05, 0.1) is 17.3 Å². The van der Waals surface area contributed by atoms with Crippen molar-refractivity contribution >= 4 is 39.2 Å². The number of aromatic nitrogens is 2. The Labute approximate surface area is 147 Å². The van der Waals surface area contributed by atoms with Gasteiger partial charge in [0.2, 0.25) is 5.91 Å². The van der Waals surface area contributed by atoms with E-state index in [1.54, 1.807) is 4.57 Å².